The Labute approximate surface area is 113 Å². The molecule has 1 aliphatic rings. The van der Waals surface area contributed by atoms with E-state index in [2.05, 4.69) is 9.46 Å². The Hall–Kier alpha value is -0.530. The molecule has 1 saturated carbocycles. The van der Waals surface area contributed by atoms with Crippen molar-refractivity contribution in [3.63, 3.8) is 0 Å². The second-order valence-corrected chi connectivity index (χ2v) is 6.09. The molecule has 2 N–H and O–H groups in total. The van der Waals surface area contributed by atoms with Crippen molar-refractivity contribution < 1.29 is 17.9 Å². The van der Waals surface area contributed by atoms with E-state index in [1.165, 1.54) is 0 Å². The van der Waals surface area contributed by atoms with Crippen LogP contribution in [0.1, 0.15) is 26.2 Å². The highest BCUT2D eigenvalue weighted by molar-refractivity contribution is 7.88. The topological polar surface area (TPSA) is 84.5 Å². The molecule has 0 aromatic rings. The molecule has 0 aromatic heterocycles. The maximum Gasteiger partial charge on any atom is 0.421 e. The second kappa shape index (κ2) is 7.16. The highest BCUT2D eigenvalue weighted by atomic mass is 35.5. The van der Waals surface area contributed by atoms with Crippen molar-refractivity contribution in [3.8, 4) is 0 Å². The minimum atomic E-state index is -3.84. The molecule has 2 unspecified atom stereocenters. The monoisotopic (exact) mass is 298 g/mol. The summed E-state index contributed by atoms with van der Waals surface area (Å²) >= 11 is 5.81. The lowest BCUT2D eigenvalue weighted by atomic mass is 9.98. The number of hydrogen-bond donors (Lipinski definition) is 2. The lowest BCUT2D eigenvalue weighted by Crippen LogP contribution is -2.42. The summed E-state index contributed by atoms with van der Waals surface area (Å²) in [6, 6.07) is 0. The smallest absolute Gasteiger partial charge is 0.421 e. The first-order valence-electron chi connectivity index (χ1n) is 5.98. The summed E-state index contributed by atoms with van der Waals surface area (Å²) in [4.78, 5) is 11.0. The van der Waals surface area contributed by atoms with Crippen molar-refractivity contribution in [3.05, 3.63) is 0 Å². The first-order valence-corrected chi connectivity index (χ1v) is 8.00. The number of rotatable bonds is 6. The van der Waals surface area contributed by atoms with Gasteiger partial charge in [0.2, 0.25) is 0 Å². The molecule has 18 heavy (non-hydrogen) atoms. The van der Waals surface area contributed by atoms with Crippen molar-refractivity contribution in [1.82, 2.24) is 9.44 Å². The average Bonchev–Trinajstić information content (AvgIpc) is 2.73. The molecular formula is C10H19ClN2O4S. The molecule has 1 rings (SSSR count). The van der Waals surface area contributed by atoms with Crippen LogP contribution in [0.5, 0.6) is 0 Å². The van der Waals surface area contributed by atoms with Gasteiger partial charge in [-0.2, -0.15) is 13.1 Å². The third-order valence-corrected chi connectivity index (χ3v) is 4.42. The van der Waals surface area contributed by atoms with E-state index in [1.807, 2.05) is 0 Å². The zero-order chi connectivity index (χ0) is 13.6. The molecule has 0 heterocycles. The third kappa shape index (κ3) is 4.99. The zero-order valence-corrected chi connectivity index (χ0v) is 11.9. The van der Waals surface area contributed by atoms with Gasteiger partial charge in [-0.15, -0.1) is 11.6 Å². The highest BCUT2D eigenvalue weighted by Gasteiger charge is 2.27. The Bertz CT molecular complexity index is 374. The lowest BCUT2D eigenvalue weighted by molar-refractivity contribution is 0.158. The van der Waals surface area contributed by atoms with Crippen LogP contribution >= 0.6 is 11.6 Å². The predicted octanol–water partition coefficient (Wildman–Crippen LogP) is 1.22. The van der Waals surface area contributed by atoms with E-state index < -0.39 is 16.3 Å². The van der Waals surface area contributed by atoms with Gasteiger partial charge in [0.05, 0.1) is 6.61 Å². The Morgan fingerprint density at radius 1 is 1.39 bits per heavy atom. The molecule has 0 saturated heterocycles. The Balaban J connectivity index is 2.39. The first kappa shape index (κ1) is 15.5. The Morgan fingerprint density at radius 3 is 2.67 bits per heavy atom. The van der Waals surface area contributed by atoms with Crippen LogP contribution in [-0.4, -0.2) is 33.5 Å². The molecule has 0 spiro atoms. The number of alkyl halides is 1. The van der Waals surface area contributed by atoms with Gasteiger partial charge in [0.15, 0.2) is 0 Å². The van der Waals surface area contributed by atoms with E-state index in [1.54, 1.807) is 11.6 Å². The standard InChI is InChI=1S/C10H19ClN2O4S/c1-2-17-10(14)13-18(15,16)12-7-9-5-3-4-8(9)6-11/h8-9,12H,2-7H2,1H3,(H,13,14). The van der Waals surface area contributed by atoms with Gasteiger partial charge >= 0.3 is 16.3 Å². The van der Waals surface area contributed by atoms with Crippen molar-refractivity contribution in [2.45, 2.75) is 26.2 Å². The van der Waals surface area contributed by atoms with Crippen molar-refractivity contribution >= 4 is 27.9 Å². The van der Waals surface area contributed by atoms with Crippen LogP contribution in [0.25, 0.3) is 0 Å². The van der Waals surface area contributed by atoms with Gasteiger partial charge in [0, 0.05) is 12.4 Å². The summed E-state index contributed by atoms with van der Waals surface area (Å²) in [5.74, 6) is 1.12. The van der Waals surface area contributed by atoms with Crippen molar-refractivity contribution in [2.24, 2.45) is 11.8 Å². The largest absolute Gasteiger partial charge is 0.449 e. The maximum atomic E-state index is 11.5. The van der Waals surface area contributed by atoms with Crippen LogP contribution in [0, 0.1) is 11.8 Å². The second-order valence-electron chi connectivity index (χ2n) is 4.28. The molecule has 2 atom stereocenters. The summed E-state index contributed by atoms with van der Waals surface area (Å²) in [6.45, 7) is 2.02. The number of halogens is 1. The highest BCUT2D eigenvalue weighted by Crippen LogP contribution is 2.31. The van der Waals surface area contributed by atoms with Gasteiger partial charge in [-0.3, -0.25) is 0 Å². The number of carbonyl (C=O) groups excluding carboxylic acids is 1. The van der Waals surface area contributed by atoms with E-state index in [-0.39, 0.29) is 12.5 Å². The lowest BCUT2D eigenvalue weighted by Gasteiger charge is -2.17. The quantitative estimate of drug-likeness (QED) is 0.722. The van der Waals surface area contributed by atoms with Crippen LogP contribution in [0.15, 0.2) is 0 Å². The van der Waals surface area contributed by atoms with Crippen LogP contribution in [0.3, 0.4) is 0 Å². The number of hydrogen-bond acceptors (Lipinski definition) is 4. The zero-order valence-electron chi connectivity index (χ0n) is 10.3. The predicted molar refractivity (Wildman–Crippen MR) is 68.6 cm³/mol. The normalized spacial score (nSPS) is 23.9. The maximum absolute atomic E-state index is 11.5. The summed E-state index contributed by atoms with van der Waals surface area (Å²) in [7, 11) is -3.84. The van der Waals surface area contributed by atoms with Crippen LogP contribution < -0.4 is 9.44 Å². The van der Waals surface area contributed by atoms with E-state index in [4.69, 9.17) is 11.6 Å². The van der Waals surface area contributed by atoms with Crippen LogP contribution in [0.2, 0.25) is 0 Å². The fraction of sp³-hybridized carbons (Fsp3) is 0.900. The fourth-order valence-corrected chi connectivity index (χ4v) is 3.30. The minimum Gasteiger partial charge on any atom is -0.449 e. The van der Waals surface area contributed by atoms with E-state index in [0.29, 0.717) is 18.3 Å². The van der Waals surface area contributed by atoms with Gasteiger partial charge in [0.1, 0.15) is 0 Å². The van der Waals surface area contributed by atoms with E-state index in [9.17, 15) is 13.2 Å². The van der Waals surface area contributed by atoms with Crippen molar-refractivity contribution in [1.29, 1.82) is 0 Å². The molecule has 6 nitrogen and oxygen atoms in total. The van der Waals surface area contributed by atoms with E-state index >= 15 is 0 Å². The molecule has 0 aromatic carbocycles. The summed E-state index contributed by atoms with van der Waals surface area (Å²) in [5.41, 5.74) is 0. The molecule has 1 fully saturated rings. The van der Waals surface area contributed by atoms with Crippen LogP contribution in [0.4, 0.5) is 4.79 Å². The van der Waals surface area contributed by atoms with E-state index in [0.717, 1.165) is 19.3 Å². The fourth-order valence-electron chi connectivity index (χ4n) is 2.11. The summed E-state index contributed by atoms with van der Waals surface area (Å²) < 4.78 is 31.7. The molecule has 0 aliphatic heterocycles. The molecule has 1 amide bonds. The van der Waals surface area contributed by atoms with Crippen molar-refractivity contribution in [2.75, 3.05) is 19.0 Å². The van der Waals surface area contributed by atoms with Crippen LogP contribution in [-0.2, 0) is 14.9 Å². The summed E-state index contributed by atoms with van der Waals surface area (Å²) in [5, 5.41) is 0. The molecule has 1 aliphatic carbocycles. The molecule has 8 heteroatoms. The molecular weight excluding hydrogens is 280 g/mol. The van der Waals surface area contributed by atoms with Gasteiger partial charge < -0.3 is 4.74 Å². The summed E-state index contributed by atoms with van der Waals surface area (Å²) in [6.07, 6.45) is 2.08. The van der Waals surface area contributed by atoms with Gasteiger partial charge in [0.25, 0.3) is 0 Å². The first-order chi connectivity index (χ1) is 8.48. The van der Waals surface area contributed by atoms with Gasteiger partial charge in [-0.1, -0.05) is 6.42 Å². The molecule has 0 radical (unpaired) electrons. The minimum absolute atomic E-state index is 0.123. The number of carbonyl (C=O) groups is 1. The number of amides is 1. The van der Waals surface area contributed by atoms with Gasteiger partial charge in [-0.05, 0) is 31.6 Å². The van der Waals surface area contributed by atoms with Gasteiger partial charge in [-0.25, -0.2) is 9.52 Å². The molecule has 106 valence electrons. The Morgan fingerprint density at radius 2 is 2.06 bits per heavy atom. The average molecular weight is 299 g/mol. The molecule has 0 bridgehead atoms. The SMILES string of the molecule is CCOC(=O)NS(=O)(=O)NCC1CCCC1CCl. The Kier molecular flexibility index (Phi) is 6.17. The number of nitrogens with one attached hydrogen (secondary N) is 2. The number of ether oxygens (including phenoxy) is 1. The third-order valence-electron chi connectivity index (χ3n) is 3.04.